The standard InChI is InChI=1S/C14H15F2N3/c1-9-13(12-3-2-10(15)6-14(12)16)8-18-19(9)11-4-5-17-7-11/h2-3,6,8,11,17H,4-5,7H2,1H3. The monoisotopic (exact) mass is 263 g/mol. The van der Waals surface area contributed by atoms with Crippen LogP contribution in [0, 0.1) is 18.6 Å². The molecule has 0 saturated carbocycles. The summed E-state index contributed by atoms with van der Waals surface area (Å²) in [4.78, 5) is 0. The Morgan fingerprint density at radius 2 is 2.16 bits per heavy atom. The molecule has 100 valence electrons. The molecular formula is C14H15F2N3. The van der Waals surface area contributed by atoms with E-state index in [1.807, 2.05) is 11.6 Å². The van der Waals surface area contributed by atoms with Crippen LogP contribution in [0.2, 0.25) is 0 Å². The highest BCUT2D eigenvalue weighted by Crippen LogP contribution is 2.28. The normalized spacial score (nSPS) is 19.0. The molecule has 1 fully saturated rings. The van der Waals surface area contributed by atoms with Gasteiger partial charge in [-0.2, -0.15) is 5.10 Å². The fourth-order valence-electron chi connectivity index (χ4n) is 2.61. The molecule has 1 aromatic carbocycles. The molecule has 0 spiro atoms. The molecule has 3 rings (SSSR count). The van der Waals surface area contributed by atoms with Crippen LogP contribution < -0.4 is 5.32 Å². The van der Waals surface area contributed by atoms with Gasteiger partial charge in [0, 0.05) is 29.4 Å². The predicted octanol–water partition coefficient (Wildman–Crippen LogP) is 2.67. The summed E-state index contributed by atoms with van der Waals surface area (Å²) in [5, 5.41) is 7.64. The van der Waals surface area contributed by atoms with Crippen molar-refractivity contribution in [2.75, 3.05) is 13.1 Å². The van der Waals surface area contributed by atoms with E-state index in [1.165, 1.54) is 12.1 Å². The van der Waals surface area contributed by atoms with Gasteiger partial charge in [0.25, 0.3) is 0 Å². The maximum absolute atomic E-state index is 13.8. The van der Waals surface area contributed by atoms with Crippen LogP contribution in [-0.2, 0) is 0 Å². The van der Waals surface area contributed by atoms with E-state index in [9.17, 15) is 8.78 Å². The lowest BCUT2D eigenvalue weighted by atomic mass is 10.1. The average Bonchev–Trinajstić information content (AvgIpc) is 2.99. The molecule has 1 aromatic heterocycles. The fourth-order valence-corrected chi connectivity index (χ4v) is 2.61. The van der Waals surface area contributed by atoms with Gasteiger partial charge >= 0.3 is 0 Å². The van der Waals surface area contributed by atoms with E-state index in [4.69, 9.17) is 0 Å². The summed E-state index contributed by atoms with van der Waals surface area (Å²) in [5.41, 5.74) is 2.04. The highest BCUT2D eigenvalue weighted by Gasteiger charge is 2.21. The van der Waals surface area contributed by atoms with Gasteiger partial charge in [0.2, 0.25) is 0 Å². The molecule has 2 aromatic rings. The van der Waals surface area contributed by atoms with Gasteiger partial charge in [-0.05, 0) is 32.0 Å². The third-order valence-corrected chi connectivity index (χ3v) is 3.65. The van der Waals surface area contributed by atoms with Crippen molar-refractivity contribution in [3.63, 3.8) is 0 Å². The van der Waals surface area contributed by atoms with E-state index in [1.54, 1.807) is 6.20 Å². The highest BCUT2D eigenvalue weighted by molar-refractivity contribution is 5.65. The quantitative estimate of drug-likeness (QED) is 0.902. The zero-order valence-corrected chi connectivity index (χ0v) is 10.7. The smallest absolute Gasteiger partial charge is 0.134 e. The molecule has 1 unspecified atom stereocenters. The molecule has 2 heterocycles. The van der Waals surface area contributed by atoms with Crippen LogP contribution in [0.1, 0.15) is 18.2 Å². The number of hydrogen-bond donors (Lipinski definition) is 1. The summed E-state index contributed by atoms with van der Waals surface area (Å²) in [6.45, 7) is 3.78. The maximum atomic E-state index is 13.8. The van der Waals surface area contributed by atoms with E-state index in [2.05, 4.69) is 10.4 Å². The molecule has 3 nitrogen and oxygen atoms in total. The minimum atomic E-state index is -0.564. The first kappa shape index (κ1) is 12.3. The molecule has 0 aliphatic carbocycles. The van der Waals surface area contributed by atoms with Gasteiger partial charge in [-0.15, -0.1) is 0 Å². The van der Waals surface area contributed by atoms with Crippen LogP contribution in [0.25, 0.3) is 11.1 Å². The second kappa shape index (κ2) is 4.74. The van der Waals surface area contributed by atoms with E-state index in [0.717, 1.165) is 36.8 Å². The lowest BCUT2D eigenvalue weighted by Crippen LogP contribution is -2.15. The minimum Gasteiger partial charge on any atom is -0.315 e. The topological polar surface area (TPSA) is 29.9 Å². The van der Waals surface area contributed by atoms with Crippen LogP contribution in [0.4, 0.5) is 8.78 Å². The Hall–Kier alpha value is -1.75. The molecule has 1 N–H and O–H groups in total. The molecule has 19 heavy (non-hydrogen) atoms. The number of rotatable bonds is 2. The van der Waals surface area contributed by atoms with Gasteiger partial charge in [0.05, 0.1) is 12.2 Å². The van der Waals surface area contributed by atoms with E-state index in [0.29, 0.717) is 11.6 Å². The molecule has 0 amide bonds. The first-order valence-corrected chi connectivity index (χ1v) is 6.37. The summed E-state index contributed by atoms with van der Waals surface area (Å²) in [6.07, 6.45) is 2.68. The van der Waals surface area contributed by atoms with Gasteiger partial charge in [-0.25, -0.2) is 8.78 Å². The lowest BCUT2D eigenvalue weighted by Gasteiger charge is -2.12. The van der Waals surface area contributed by atoms with E-state index >= 15 is 0 Å². The number of halogens is 2. The third-order valence-electron chi connectivity index (χ3n) is 3.65. The molecule has 1 atom stereocenters. The molecular weight excluding hydrogens is 248 g/mol. The van der Waals surface area contributed by atoms with Gasteiger partial charge in [-0.3, -0.25) is 4.68 Å². The van der Waals surface area contributed by atoms with Crippen molar-refractivity contribution < 1.29 is 8.78 Å². The largest absolute Gasteiger partial charge is 0.315 e. The summed E-state index contributed by atoms with van der Waals surface area (Å²) in [7, 11) is 0. The van der Waals surface area contributed by atoms with Crippen molar-refractivity contribution in [3.05, 3.63) is 41.7 Å². The van der Waals surface area contributed by atoms with E-state index < -0.39 is 11.6 Å². The van der Waals surface area contributed by atoms with E-state index in [-0.39, 0.29) is 0 Å². The van der Waals surface area contributed by atoms with Crippen LogP contribution in [0.3, 0.4) is 0 Å². The Bertz CT molecular complexity index is 601. The molecule has 0 bridgehead atoms. The van der Waals surface area contributed by atoms with Crippen molar-refractivity contribution in [2.24, 2.45) is 0 Å². The summed E-state index contributed by atoms with van der Waals surface area (Å²) in [5.74, 6) is -1.11. The SMILES string of the molecule is Cc1c(-c2ccc(F)cc2F)cnn1C1CCNC1. The minimum absolute atomic E-state index is 0.317. The van der Waals surface area contributed by atoms with Crippen LogP contribution in [0.5, 0.6) is 0 Å². The van der Waals surface area contributed by atoms with Gasteiger partial charge in [0.15, 0.2) is 0 Å². The zero-order valence-electron chi connectivity index (χ0n) is 10.7. The Morgan fingerprint density at radius 3 is 2.84 bits per heavy atom. The number of hydrogen-bond acceptors (Lipinski definition) is 2. The molecule has 1 aliphatic heterocycles. The number of aromatic nitrogens is 2. The van der Waals surface area contributed by atoms with Crippen molar-refractivity contribution in [1.82, 2.24) is 15.1 Å². The van der Waals surface area contributed by atoms with Crippen molar-refractivity contribution in [1.29, 1.82) is 0 Å². The third kappa shape index (κ3) is 2.14. The second-order valence-corrected chi connectivity index (χ2v) is 4.86. The number of nitrogens with one attached hydrogen (secondary N) is 1. The molecule has 5 heteroatoms. The summed E-state index contributed by atoms with van der Waals surface area (Å²) in [6, 6.07) is 3.96. The Kier molecular flexibility index (Phi) is 3.06. The summed E-state index contributed by atoms with van der Waals surface area (Å²) >= 11 is 0. The summed E-state index contributed by atoms with van der Waals surface area (Å²) < 4.78 is 28.7. The van der Waals surface area contributed by atoms with Crippen LogP contribution in [0.15, 0.2) is 24.4 Å². The van der Waals surface area contributed by atoms with Crippen molar-refractivity contribution >= 4 is 0 Å². The average molecular weight is 263 g/mol. The fraction of sp³-hybridized carbons (Fsp3) is 0.357. The van der Waals surface area contributed by atoms with Crippen LogP contribution in [-0.4, -0.2) is 22.9 Å². The van der Waals surface area contributed by atoms with Gasteiger partial charge in [-0.1, -0.05) is 0 Å². The number of nitrogens with zero attached hydrogens (tertiary/aromatic N) is 2. The van der Waals surface area contributed by atoms with Crippen LogP contribution >= 0.6 is 0 Å². The first-order valence-electron chi connectivity index (χ1n) is 6.37. The van der Waals surface area contributed by atoms with Gasteiger partial charge < -0.3 is 5.32 Å². The van der Waals surface area contributed by atoms with Crippen molar-refractivity contribution in [3.8, 4) is 11.1 Å². The lowest BCUT2D eigenvalue weighted by molar-refractivity contribution is 0.480. The first-order chi connectivity index (χ1) is 9.16. The highest BCUT2D eigenvalue weighted by atomic mass is 19.1. The molecule has 1 aliphatic rings. The Morgan fingerprint density at radius 1 is 1.32 bits per heavy atom. The maximum Gasteiger partial charge on any atom is 0.134 e. The van der Waals surface area contributed by atoms with Gasteiger partial charge in [0.1, 0.15) is 11.6 Å². The Labute approximate surface area is 110 Å². The van der Waals surface area contributed by atoms with Crippen molar-refractivity contribution in [2.45, 2.75) is 19.4 Å². The number of benzene rings is 1. The molecule has 0 radical (unpaired) electrons. The second-order valence-electron chi connectivity index (χ2n) is 4.86. The predicted molar refractivity (Wildman–Crippen MR) is 68.8 cm³/mol. The zero-order chi connectivity index (χ0) is 13.4. The Balaban J connectivity index is 2.01. The molecule has 1 saturated heterocycles.